The molecule has 0 unspecified atom stereocenters. The first-order valence-electron chi connectivity index (χ1n) is 13.2. The summed E-state index contributed by atoms with van der Waals surface area (Å²) in [5.41, 5.74) is 7.94. The molecule has 1 aromatic carbocycles. The van der Waals surface area contributed by atoms with Crippen LogP contribution in [0.25, 0.3) is 10.9 Å². The Morgan fingerprint density at radius 1 is 1.19 bits per heavy atom. The normalized spacial score (nSPS) is 21.7. The smallest absolute Gasteiger partial charge is 0.336 e. The Bertz CT molecular complexity index is 1200. The van der Waals surface area contributed by atoms with Gasteiger partial charge in [0.05, 0.1) is 24.4 Å². The van der Waals surface area contributed by atoms with E-state index in [1.165, 1.54) is 5.56 Å². The third-order valence-corrected chi connectivity index (χ3v) is 8.19. The number of nitriles is 1. The summed E-state index contributed by atoms with van der Waals surface area (Å²) in [5, 5.41) is 11.0. The zero-order valence-electron chi connectivity index (χ0n) is 21.5. The van der Waals surface area contributed by atoms with Crippen molar-refractivity contribution in [1.29, 1.82) is 5.26 Å². The quantitative estimate of drug-likeness (QED) is 0.491. The summed E-state index contributed by atoms with van der Waals surface area (Å²) >= 11 is 0. The molecule has 3 aliphatic rings. The van der Waals surface area contributed by atoms with Crippen LogP contribution in [-0.2, 0) is 17.7 Å². The van der Waals surface area contributed by atoms with Crippen LogP contribution < -0.4 is 5.43 Å². The molecular weight excluding hydrogens is 456 g/mol. The Morgan fingerprint density at radius 3 is 2.61 bits per heavy atom. The van der Waals surface area contributed by atoms with E-state index in [1.54, 1.807) is 11.8 Å². The number of hydrogen-bond acceptors (Lipinski definition) is 6. The van der Waals surface area contributed by atoms with E-state index in [0.717, 1.165) is 61.1 Å². The van der Waals surface area contributed by atoms with Crippen LogP contribution in [0.5, 0.6) is 0 Å². The van der Waals surface area contributed by atoms with Crippen LogP contribution in [0.4, 0.5) is 4.79 Å². The molecule has 1 N–H and O–H groups in total. The molecule has 36 heavy (non-hydrogen) atoms. The van der Waals surface area contributed by atoms with Gasteiger partial charge in [0.25, 0.3) is 0 Å². The van der Waals surface area contributed by atoms with E-state index in [0.29, 0.717) is 38.4 Å². The van der Waals surface area contributed by atoms with Crippen molar-refractivity contribution >= 4 is 22.7 Å². The lowest BCUT2D eigenvalue weighted by Crippen LogP contribution is -2.44. The number of Topliss-reactive ketones (excluding diaryl/α,β-unsaturated/α-hetero) is 1. The number of hydrogen-bond donors (Lipinski definition) is 1. The summed E-state index contributed by atoms with van der Waals surface area (Å²) in [7, 11) is 0. The molecule has 2 aliphatic heterocycles. The summed E-state index contributed by atoms with van der Waals surface area (Å²) in [6, 6.07) is 3.92. The number of nitrogens with one attached hydrogen (secondary N) is 1. The number of urea groups is 1. The van der Waals surface area contributed by atoms with Crippen LogP contribution in [0, 0.1) is 11.5 Å². The Labute approximate surface area is 212 Å². The molecule has 9 heteroatoms. The number of amides is 2. The predicted molar refractivity (Wildman–Crippen MR) is 138 cm³/mol. The first-order chi connectivity index (χ1) is 17.5. The van der Waals surface area contributed by atoms with Gasteiger partial charge in [-0.3, -0.25) is 14.4 Å². The van der Waals surface area contributed by atoms with Gasteiger partial charge in [0, 0.05) is 62.2 Å². The molecule has 0 radical (unpaired) electrons. The minimum Gasteiger partial charge on any atom is -0.379 e. The second kappa shape index (κ2) is 10.1. The maximum atomic E-state index is 13.3. The molecular formula is C27H36N6O3. The molecule has 3 heterocycles. The maximum Gasteiger partial charge on any atom is 0.336 e. The third kappa shape index (κ3) is 4.12. The van der Waals surface area contributed by atoms with Crippen LogP contribution in [0.3, 0.4) is 0 Å². The van der Waals surface area contributed by atoms with E-state index < -0.39 is 0 Å². The molecule has 0 bridgehead atoms. The number of fused-ring (bicyclic) bond motifs is 2. The topological polar surface area (TPSA) is 93.8 Å². The van der Waals surface area contributed by atoms with Crippen molar-refractivity contribution in [3.63, 3.8) is 0 Å². The van der Waals surface area contributed by atoms with Crippen molar-refractivity contribution < 1.29 is 14.3 Å². The van der Waals surface area contributed by atoms with Crippen LogP contribution in [0.2, 0.25) is 0 Å². The molecule has 2 saturated heterocycles. The molecule has 9 nitrogen and oxygen atoms in total. The lowest BCUT2D eigenvalue weighted by Gasteiger charge is -2.41. The van der Waals surface area contributed by atoms with Crippen molar-refractivity contribution in [2.24, 2.45) is 0 Å². The maximum absolute atomic E-state index is 13.3. The Morgan fingerprint density at radius 2 is 1.94 bits per heavy atom. The van der Waals surface area contributed by atoms with Gasteiger partial charge in [-0.1, -0.05) is 6.07 Å². The van der Waals surface area contributed by atoms with Crippen LogP contribution in [0.1, 0.15) is 66.7 Å². The first kappa shape index (κ1) is 24.6. The van der Waals surface area contributed by atoms with E-state index >= 15 is 0 Å². The van der Waals surface area contributed by atoms with Gasteiger partial charge in [0.1, 0.15) is 0 Å². The largest absolute Gasteiger partial charge is 0.379 e. The van der Waals surface area contributed by atoms with Gasteiger partial charge in [-0.25, -0.2) is 10.2 Å². The Kier molecular flexibility index (Phi) is 6.91. The average molecular weight is 493 g/mol. The monoisotopic (exact) mass is 492 g/mol. The highest BCUT2D eigenvalue weighted by Crippen LogP contribution is 2.46. The second-order valence-corrected chi connectivity index (χ2v) is 10.0. The summed E-state index contributed by atoms with van der Waals surface area (Å²) in [6.45, 7) is 11.1. The fourth-order valence-electron chi connectivity index (χ4n) is 6.33. The zero-order chi connectivity index (χ0) is 25.4. The molecule has 0 saturated carbocycles. The van der Waals surface area contributed by atoms with E-state index in [9.17, 15) is 14.9 Å². The van der Waals surface area contributed by atoms with E-state index in [1.807, 2.05) is 29.5 Å². The molecule has 2 fully saturated rings. The molecule has 1 aromatic heterocycles. The number of likely N-dealkylation sites (tertiary alicyclic amines) is 1. The SMILES string of the molecule is CCN(CC)C(=O)Nn1c(CN2CCOCC2)c2c3c(ccc(C(C)=O)c31)[C@H]1CCCN(C#N)[C@@H]1C2. The number of benzene rings is 1. The van der Waals surface area contributed by atoms with Gasteiger partial charge in [-0.15, -0.1) is 0 Å². The molecule has 192 valence electrons. The van der Waals surface area contributed by atoms with E-state index in [-0.39, 0.29) is 23.8 Å². The van der Waals surface area contributed by atoms with Crippen LogP contribution >= 0.6 is 0 Å². The fraction of sp³-hybridized carbons (Fsp3) is 0.593. The lowest BCUT2D eigenvalue weighted by atomic mass is 9.74. The van der Waals surface area contributed by atoms with Crippen LogP contribution in [-0.4, -0.2) is 83.2 Å². The highest BCUT2D eigenvalue weighted by Gasteiger charge is 2.40. The van der Waals surface area contributed by atoms with Gasteiger partial charge in [0.15, 0.2) is 12.0 Å². The highest BCUT2D eigenvalue weighted by atomic mass is 16.5. The number of morpholine rings is 1. The summed E-state index contributed by atoms with van der Waals surface area (Å²) < 4.78 is 7.47. The lowest BCUT2D eigenvalue weighted by molar-refractivity contribution is 0.0332. The standard InChI is InChI=1S/C27H36N6O3/c1-4-31(5-2)27(35)29-33-24(16-30-11-13-36-14-12-30)22-15-23-20(7-6-10-32(23)17-28)21-9-8-19(18(3)34)26(33)25(21)22/h8-9,20,23H,4-7,10-16H2,1-3H3,(H,29,35)/t20-,23-/m1/s1. The number of carbonyl (C=O) groups is 2. The third-order valence-electron chi connectivity index (χ3n) is 8.19. The van der Waals surface area contributed by atoms with Gasteiger partial charge >= 0.3 is 6.03 Å². The average Bonchev–Trinajstić information content (AvgIpc) is 3.18. The fourth-order valence-corrected chi connectivity index (χ4v) is 6.33. The number of rotatable bonds is 6. The zero-order valence-corrected chi connectivity index (χ0v) is 21.5. The minimum absolute atomic E-state index is 0.0220. The van der Waals surface area contributed by atoms with Crippen molar-refractivity contribution in [3.05, 3.63) is 34.5 Å². The summed E-state index contributed by atoms with van der Waals surface area (Å²) in [6.07, 6.45) is 5.16. The number of piperidine rings is 1. The van der Waals surface area contributed by atoms with Crippen molar-refractivity contribution in [2.45, 2.75) is 58.5 Å². The molecule has 5 rings (SSSR count). The number of carbonyl (C=O) groups excluding carboxylic acids is 2. The van der Waals surface area contributed by atoms with Crippen molar-refractivity contribution in [1.82, 2.24) is 19.4 Å². The number of ether oxygens (including phenoxy) is 1. The molecule has 2 aromatic rings. The molecule has 1 aliphatic carbocycles. The van der Waals surface area contributed by atoms with Gasteiger partial charge in [0.2, 0.25) is 0 Å². The minimum atomic E-state index is -0.179. The summed E-state index contributed by atoms with van der Waals surface area (Å²) in [5.74, 6) is 0.214. The number of aromatic nitrogens is 1. The molecule has 2 amide bonds. The number of ketones is 1. The Balaban J connectivity index is 1.73. The van der Waals surface area contributed by atoms with Gasteiger partial charge in [-0.2, -0.15) is 5.26 Å². The van der Waals surface area contributed by atoms with Crippen molar-refractivity contribution in [2.75, 3.05) is 51.4 Å². The predicted octanol–water partition coefficient (Wildman–Crippen LogP) is 3.27. The second-order valence-electron chi connectivity index (χ2n) is 10.0. The van der Waals surface area contributed by atoms with Crippen molar-refractivity contribution in [3.8, 4) is 6.19 Å². The Hall–Kier alpha value is -3.09. The van der Waals surface area contributed by atoms with E-state index in [2.05, 4.69) is 22.6 Å². The molecule has 2 atom stereocenters. The summed E-state index contributed by atoms with van der Waals surface area (Å²) in [4.78, 5) is 32.2. The highest BCUT2D eigenvalue weighted by molar-refractivity contribution is 6.09. The first-order valence-corrected chi connectivity index (χ1v) is 13.2. The van der Waals surface area contributed by atoms with Gasteiger partial charge < -0.3 is 14.5 Å². The van der Waals surface area contributed by atoms with E-state index in [4.69, 9.17) is 4.74 Å². The van der Waals surface area contributed by atoms with Crippen LogP contribution in [0.15, 0.2) is 12.1 Å². The van der Waals surface area contributed by atoms with Gasteiger partial charge in [-0.05, 0) is 57.2 Å². The number of nitrogens with zero attached hydrogens (tertiary/aromatic N) is 5. The molecule has 0 spiro atoms.